The molecule has 2 unspecified atom stereocenters. The van der Waals surface area contributed by atoms with E-state index in [2.05, 4.69) is 29.7 Å². The van der Waals surface area contributed by atoms with Crippen LogP contribution in [0.3, 0.4) is 0 Å². The van der Waals surface area contributed by atoms with Gasteiger partial charge in [-0.25, -0.2) is 4.79 Å². The van der Waals surface area contributed by atoms with Crippen molar-refractivity contribution >= 4 is 11.9 Å². The number of nitrogens with zero attached hydrogens (tertiary/aromatic N) is 1. The van der Waals surface area contributed by atoms with Crippen LogP contribution < -0.4 is 10.6 Å². The van der Waals surface area contributed by atoms with Crippen LogP contribution in [0.4, 0.5) is 4.79 Å². The van der Waals surface area contributed by atoms with Gasteiger partial charge in [-0.15, -0.1) is 0 Å². The molecule has 1 aromatic rings. The molecule has 0 bridgehead atoms. The first kappa shape index (κ1) is 18.7. The van der Waals surface area contributed by atoms with E-state index in [0.717, 1.165) is 25.8 Å². The molecule has 3 rings (SSSR count). The topological polar surface area (TPSA) is 61.4 Å². The zero-order chi connectivity index (χ0) is 18.4. The minimum absolute atomic E-state index is 0.0425. The highest BCUT2D eigenvalue weighted by molar-refractivity contribution is 5.81. The lowest BCUT2D eigenvalue weighted by atomic mass is 9.84. The molecule has 1 aliphatic heterocycles. The number of rotatable bonds is 7. The number of benzene rings is 1. The van der Waals surface area contributed by atoms with Crippen molar-refractivity contribution in [2.45, 2.75) is 44.9 Å². The van der Waals surface area contributed by atoms with Gasteiger partial charge in [0.15, 0.2) is 0 Å². The third-order valence-electron chi connectivity index (χ3n) is 5.45. The highest BCUT2D eigenvalue weighted by atomic mass is 16.2. The third-order valence-corrected chi connectivity index (χ3v) is 5.45. The maximum absolute atomic E-state index is 12.7. The Labute approximate surface area is 156 Å². The molecule has 0 aromatic heterocycles. The smallest absolute Gasteiger partial charge is 0.317 e. The van der Waals surface area contributed by atoms with E-state index in [9.17, 15) is 9.59 Å². The second-order valence-corrected chi connectivity index (χ2v) is 7.72. The summed E-state index contributed by atoms with van der Waals surface area (Å²) < 4.78 is 0. The number of urea groups is 1. The molecule has 2 aliphatic rings. The summed E-state index contributed by atoms with van der Waals surface area (Å²) in [5, 5.41) is 6.10. The lowest BCUT2D eigenvalue weighted by molar-refractivity contribution is -0.126. The van der Waals surface area contributed by atoms with Gasteiger partial charge in [0, 0.05) is 32.1 Å². The second kappa shape index (κ2) is 9.06. The molecule has 0 spiro atoms. The van der Waals surface area contributed by atoms with Gasteiger partial charge in [-0.05, 0) is 37.2 Å². The van der Waals surface area contributed by atoms with Gasteiger partial charge in [0.05, 0.1) is 5.92 Å². The van der Waals surface area contributed by atoms with Crippen LogP contribution in [0.5, 0.6) is 0 Å². The summed E-state index contributed by atoms with van der Waals surface area (Å²) in [6.45, 7) is 4.78. The fourth-order valence-corrected chi connectivity index (χ4v) is 3.62. The van der Waals surface area contributed by atoms with Crippen molar-refractivity contribution in [1.82, 2.24) is 15.5 Å². The van der Waals surface area contributed by atoms with Crippen molar-refractivity contribution in [2.24, 2.45) is 11.8 Å². The summed E-state index contributed by atoms with van der Waals surface area (Å²) in [6.07, 6.45) is 5.29. The standard InChI is InChI=1S/C21H31N3O2/c1-2-3-11-22-21(26)24-14-18(17-7-5-4-6-8-17)12-19(15-24)20(25)23-13-16-9-10-16/h4-8,16,18-19H,2-3,9-15H2,1H3,(H,22,26)(H,23,25). The van der Waals surface area contributed by atoms with Gasteiger partial charge in [-0.1, -0.05) is 43.7 Å². The molecule has 2 fully saturated rings. The Morgan fingerprint density at radius 2 is 1.88 bits per heavy atom. The fourth-order valence-electron chi connectivity index (χ4n) is 3.62. The van der Waals surface area contributed by atoms with Gasteiger partial charge in [0.1, 0.15) is 0 Å². The molecule has 1 saturated heterocycles. The van der Waals surface area contributed by atoms with E-state index in [1.165, 1.54) is 18.4 Å². The summed E-state index contributed by atoms with van der Waals surface area (Å²) in [4.78, 5) is 27.1. The third kappa shape index (κ3) is 5.23. The number of hydrogen-bond acceptors (Lipinski definition) is 2. The number of nitrogens with one attached hydrogen (secondary N) is 2. The molecule has 5 heteroatoms. The Bertz CT molecular complexity index is 601. The maximum Gasteiger partial charge on any atom is 0.317 e. The van der Waals surface area contributed by atoms with Gasteiger partial charge in [-0.3, -0.25) is 4.79 Å². The number of carbonyl (C=O) groups is 2. The first-order valence-electron chi connectivity index (χ1n) is 10.0. The second-order valence-electron chi connectivity index (χ2n) is 7.72. The number of piperidine rings is 1. The Morgan fingerprint density at radius 1 is 1.12 bits per heavy atom. The van der Waals surface area contributed by atoms with Gasteiger partial charge >= 0.3 is 6.03 Å². The number of carbonyl (C=O) groups excluding carboxylic acids is 2. The molecule has 2 N–H and O–H groups in total. The minimum atomic E-state index is -0.135. The highest BCUT2D eigenvalue weighted by Gasteiger charge is 2.35. The van der Waals surface area contributed by atoms with E-state index < -0.39 is 0 Å². The Kier molecular flexibility index (Phi) is 6.53. The predicted octanol–water partition coefficient (Wildman–Crippen LogP) is 3.13. The molecule has 0 radical (unpaired) electrons. The SMILES string of the molecule is CCCCNC(=O)N1CC(C(=O)NCC2CC2)CC(c2ccccc2)C1. The summed E-state index contributed by atoms with van der Waals surface area (Å²) in [5.41, 5.74) is 1.21. The normalized spacial score (nSPS) is 22.7. The lowest BCUT2D eigenvalue weighted by Crippen LogP contribution is -2.51. The van der Waals surface area contributed by atoms with Crippen LogP contribution in [-0.2, 0) is 4.79 Å². The van der Waals surface area contributed by atoms with Gasteiger partial charge < -0.3 is 15.5 Å². The average Bonchev–Trinajstić information content (AvgIpc) is 3.51. The zero-order valence-corrected chi connectivity index (χ0v) is 15.7. The molecule has 26 heavy (non-hydrogen) atoms. The number of likely N-dealkylation sites (tertiary alicyclic amines) is 1. The molecule has 1 aromatic carbocycles. The van der Waals surface area contributed by atoms with Crippen molar-refractivity contribution in [2.75, 3.05) is 26.2 Å². The van der Waals surface area contributed by atoms with E-state index in [1.54, 1.807) is 0 Å². The summed E-state index contributed by atoms with van der Waals surface area (Å²) in [7, 11) is 0. The van der Waals surface area contributed by atoms with Crippen LogP contribution in [0.15, 0.2) is 30.3 Å². The van der Waals surface area contributed by atoms with Crippen molar-refractivity contribution in [3.8, 4) is 0 Å². The first-order chi connectivity index (χ1) is 12.7. The Morgan fingerprint density at radius 3 is 2.58 bits per heavy atom. The van der Waals surface area contributed by atoms with Crippen LogP contribution >= 0.6 is 0 Å². The van der Waals surface area contributed by atoms with Crippen molar-refractivity contribution in [1.29, 1.82) is 0 Å². The van der Waals surface area contributed by atoms with Gasteiger partial charge in [0.25, 0.3) is 0 Å². The van der Waals surface area contributed by atoms with E-state index >= 15 is 0 Å². The molecule has 2 atom stereocenters. The Balaban J connectivity index is 1.65. The summed E-state index contributed by atoms with van der Waals surface area (Å²) in [6, 6.07) is 10.2. The van der Waals surface area contributed by atoms with Gasteiger partial charge in [-0.2, -0.15) is 0 Å². The van der Waals surface area contributed by atoms with Crippen molar-refractivity contribution in [3.05, 3.63) is 35.9 Å². The molecule has 1 heterocycles. The monoisotopic (exact) mass is 357 g/mol. The minimum Gasteiger partial charge on any atom is -0.356 e. The highest BCUT2D eigenvalue weighted by Crippen LogP contribution is 2.31. The van der Waals surface area contributed by atoms with Gasteiger partial charge in [0.2, 0.25) is 5.91 Å². The van der Waals surface area contributed by atoms with Crippen LogP contribution in [0.25, 0.3) is 0 Å². The lowest BCUT2D eigenvalue weighted by Gasteiger charge is -2.37. The summed E-state index contributed by atoms with van der Waals surface area (Å²) >= 11 is 0. The number of amides is 3. The van der Waals surface area contributed by atoms with Crippen LogP contribution in [-0.4, -0.2) is 43.0 Å². The molecule has 5 nitrogen and oxygen atoms in total. The predicted molar refractivity (Wildman–Crippen MR) is 103 cm³/mol. The average molecular weight is 357 g/mol. The zero-order valence-electron chi connectivity index (χ0n) is 15.7. The van der Waals surface area contributed by atoms with E-state index in [0.29, 0.717) is 25.6 Å². The molecular weight excluding hydrogens is 326 g/mol. The summed E-state index contributed by atoms with van der Waals surface area (Å²) in [5.74, 6) is 0.841. The molecule has 1 saturated carbocycles. The van der Waals surface area contributed by atoms with Crippen molar-refractivity contribution in [3.63, 3.8) is 0 Å². The number of hydrogen-bond donors (Lipinski definition) is 2. The molecule has 142 valence electrons. The Hall–Kier alpha value is -2.04. The fraction of sp³-hybridized carbons (Fsp3) is 0.619. The van der Waals surface area contributed by atoms with E-state index in [4.69, 9.17) is 0 Å². The quantitative estimate of drug-likeness (QED) is 0.737. The van der Waals surface area contributed by atoms with Crippen molar-refractivity contribution < 1.29 is 9.59 Å². The van der Waals surface area contributed by atoms with Crippen LogP contribution in [0.1, 0.15) is 50.5 Å². The molecular formula is C21H31N3O2. The number of unbranched alkanes of at least 4 members (excludes halogenated alkanes) is 1. The maximum atomic E-state index is 12.7. The molecule has 1 aliphatic carbocycles. The largest absolute Gasteiger partial charge is 0.356 e. The molecule has 3 amide bonds. The van der Waals surface area contributed by atoms with E-state index in [-0.39, 0.29) is 23.8 Å². The first-order valence-corrected chi connectivity index (χ1v) is 10.0. The van der Waals surface area contributed by atoms with Crippen LogP contribution in [0.2, 0.25) is 0 Å². The van der Waals surface area contributed by atoms with Crippen LogP contribution in [0, 0.1) is 11.8 Å². The van der Waals surface area contributed by atoms with E-state index in [1.807, 2.05) is 23.1 Å².